The Balaban J connectivity index is 3.04. The Morgan fingerprint density at radius 3 is 2.57 bits per heavy atom. The van der Waals surface area contributed by atoms with Crippen molar-refractivity contribution in [2.45, 2.75) is 39.3 Å². The highest BCUT2D eigenvalue weighted by Gasteiger charge is 2.16. The van der Waals surface area contributed by atoms with Crippen molar-refractivity contribution in [1.82, 2.24) is 4.57 Å². The number of hydrogen-bond acceptors (Lipinski definition) is 5. The minimum absolute atomic E-state index is 0.0112. The quantitative estimate of drug-likeness (QED) is 0.741. The zero-order chi connectivity index (χ0) is 16.0. The summed E-state index contributed by atoms with van der Waals surface area (Å²) in [5.41, 5.74) is 0.229. The van der Waals surface area contributed by atoms with Crippen molar-refractivity contribution in [1.29, 1.82) is 5.26 Å². The van der Waals surface area contributed by atoms with E-state index >= 15 is 0 Å². The molecule has 6 heteroatoms. The minimum Gasteiger partial charge on any atom is -0.459 e. The van der Waals surface area contributed by atoms with Gasteiger partial charge in [-0.2, -0.15) is 5.26 Å². The lowest BCUT2D eigenvalue weighted by atomic mass is 10.1. The SMILES string of the molecule is COCC(C)OC(=O)Cn1c(C(C)C)ccc(C#N)c1=O. The maximum Gasteiger partial charge on any atom is 0.326 e. The molecule has 0 radical (unpaired) electrons. The molecule has 6 nitrogen and oxygen atoms in total. The third-order valence-corrected chi connectivity index (χ3v) is 2.94. The second-order valence-corrected chi connectivity index (χ2v) is 5.09. The Labute approximate surface area is 123 Å². The monoisotopic (exact) mass is 292 g/mol. The molecule has 0 amide bonds. The standard InChI is InChI=1S/C15H20N2O4/c1-10(2)13-6-5-12(7-16)15(19)17(13)8-14(18)21-11(3)9-20-4/h5-6,10-11H,8-9H2,1-4H3. The summed E-state index contributed by atoms with van der Waals surface area (Å²) in [5.74, 6) is -0.478. The van der Waals surface area contributed by atoms with Crippen LogP contribution in [0.1, 0.15) is 37.9 Å². The Bertz CT molecular complexity index is 599. The maximum absolute atomic E-state index is 12.2. The molecule has 0 aliphatic heterocycles. The average molecular weight is 292 g/mol. The molecule has 1 aromatic heterocycles. The van der Waals surface area contributed by atoms with Crippen LogP contribution in [0.3, 0.4) is 0 Å². The molecule has 0 saturated heterocycles. The van der Waals surface area contributed by atoms with E-state index in [9.17, 15) is 9.59 Å². The number of hydrogen-bond donors (Lipinski definition) is 0. The summed E-state index contributed by atoms with van der Waals surface area (Å²) in [5, 5.41) is 8.93. The second-order valence-electron chi connectivity index (χ2n) is 5.09. The van der Waals surface area contributed by atoms with E-state index in [1.54, 1.807) is 13.0 Å². The van der Waals surface area contributed by atoms with E-state index in [4.69, 9.17) is 14.7 Å². The molecule has 1 aromatic rings. The number of nitrogens with zero attached hydrogens (tertiary/aromatic N) is 2. The number of aromatic nitrogens is 1. The smallest absolute Gasteiger partial charge is 0.326 e. The fourth-order valence-electron chi connectivity index (χ4n) is 2.00. The molecule has 0 fully saturated rings. The van der Waals surface area contributed by atoms with Crippen LogP contribution < -0.4 is 5.56 Å². The number of pyridine rings is 1. The number of methoxy groups -OCH3 is 1. The molecule has 0 aliphatic carbocycles. The molecule has 0 saturated carbocycles. The zero-order valence-electron chi connectivity index (χ0n) is 12.8. The van der Waals surface area contributed by atoms with Crippen LogP contribution in [-0.4, -0.2) is 30.4 Å². The Kier molecular flexibility index (Phi) is 6.12. The molecule has 114 valence electrons. The third kappa shape index (κ3) is 4.43. The average Bonchev–Trinajstić information content (AvgIpc) is 2.40. The van der Waals surface area contributed by atoms with Crippen LogP contribution in [0.25, 0.3) is 0 Å². The topological polar surface area (TPSA) is 81.3 Å². The summed E-state index contributed by atoms with van der Waals surface area (Å²) in [6, 6.07) is 5.00. The van der Waals surface area contributed by atoms with Crippen molar-refractivity contribution in [3.63, 3.8) is 0 Å². The van der Waals surface area contributed by atoms with Gasteiger partial charge in [0.25, 0.3) is 5.56 Å². The largest absolute Gasteiger partial charge is 0.459 e. The number of nitriles is 1. The summed E-state index contributed by atoms with van der Waals surface area (Å²) in [7, 11) is 1.52. The van der Waals surface area contributed by atoms with Crippen molar-refractivity contribution in [2.75, 3.05) is 13.7 Å². The maximum atomic E-state index is 12.2. The van der Waals surface area contributed by atoms with Gasteiger partial charge in [0.1, 0.15) is 24.3 Å². The van der Waals surface area contributed by atoms with Gasteiger partial charge in [-0.05, 0) is 25.0 Å². The lowest BCUT2D eigenvalue weighted by Gasteiger charge is -2.17. The van der Waals surface area contributed by atoms with Crippen LogP contribution in [0.15, 0.2) is 16.9 Å². The summed E-state index contributed by atoms with van der Waals surface area (Å²) >= 11 is 0. The van der Waals surface area contributed by atoms with Gasteiger partial charge in [-0.25, -0.2) is 0 Å². The lowest BCUT2D eigenvalue weighted by molar-refractivity contribution is -0.151. The van der Waals surface area contributed by atoms with Gasteiger partial charge in [-0.15, -0.1) is 0 Å². The highest BCUT2D eigenvalue weighted by molar-refractivity contribution is 5.69. The van der Waals surface area contributed by atoms with Gasteiger partial charge in [-0.3, -0.25) is 9.59 Å². The van der Waals surface area contributed by atoms with E-state index in [0.29, 0.717) is 5.69 Å². The van der Waals surface area contributed by atoms with E-state index in [0.717, 1.165) is 0 Å². The Hall–Kier alpha value is -2.13. The predicted octanol–water partition coefficient (Wildman–Crippen LogP) is 1.42. The highest BCUT2D eigenvalue weighted by Crippen LogP contribution is 2.13. The molecule has 0 N–H and O–H groups in total. The number of ether oxygens (including phenoxy) is 2. The van der Waals surface area contributed by atoms with Gasteiger partial charge in [-0.1, -0.05) is 13.8 Å². The first-order valence-electron chi connectivity index (χ1n) is 6.73. The summed E-state index contributed by atoms with van der Waals surface area (Å²) < 4.78 is 11.3. The Morgan fingerprint density at radius 2 is 2.05 bits per heavy atom. The van der Waals surface area contributed by atoms with E-state index in [1.807, 2.05) is 19.9 Å². The van der Waals surface area contributed by atoms with Crippen LogP contribution in [0.2, 0.25) is 0 Å². The van der Waals surface area contributed by atoms with Crippen LogP contribution in [0, 0.1) is 11.3 Å². The molecule has 0 aromatic carbocycles. The van der Waals surface area contributed by atoms with Gasteiger partial charge in [0, 0.05) is 12.8 Å². The summed E-state index contributed by atoms with van der Waals surface area (Å²) in [4.78, 5) is 24.1. The molecule has 0 bridgehead atoms. The van der Waals surface area contributed by atoms with E-state index in [1.165, 1.54) is 17.7 Å². The third-order valence-electron chi connectivity index (χ3n) is 2.94. The predicted molar refractivity (Wildman–Crippen MR) is 76.9 cm³/mol. The minimum atomic E-state index is -0.529. The van der Waals surface area contributed by atoms with Crippen LogP contribution in [0.5, 0.6) is 0 Å². The number of carbonyl (C=O) groups excluding carboxylic acids is 1. The van der Waals surface area contributed by atoms with Crippen LogP contribution in [0.4, 0.5) is 0 Å². The molecule has 1 unspecified atom stereocenters. The van der Waals surface area contributed by atoms with Crippen molar-refractivity contribution >= 4 is 5.97 Å². The molecule has 0 aliphatic rings. The fourth-order valence-corrected chi connectivity index (χ4v) is 2.00. The van der Waals surface area contributed by atoms with Crippen molar-refractivity contribution < 1.29 is 14.3 Å². The van der Waals surface area contributed by atoms with E-state index in [-0.39, 0.29) is 30.7 Å². The van der Waals surface area contributed by atoms with E-state index in [2.05, 4.69) is 0 Å². The molecular weight excluding hydrogens is 272 g/mol. The van der Waals surface area contributed by atoms with E-state index < -0.39 is 11.5 Å². The van der Waals surface area contributed by atoms with Crippen LogP contribution >= 0.6 is 0 Å². The molecule has 1 atom stereocenters. The van der Waals surface area contributed by atoms with Gasteiger partial charge >= 0.3 is 5.97 Å². The van der Waals surface area contributed by atoms with Crippen LogP contribution in [-0.2, 0) is 20.8 Å². The molecule has 21 heavy (non-hydrogen) atoms. The first kappa shape index (κ1) is 16.9. The fraction of sp³-hybridized carbons (Fsp3) is 0.533. The number of carbonyl (C=O) groups is 1. The first-order chi connectivity index (χ1) is 9.90. The van der Waals surface area contributed by atoms with Crippen molar-refractivity contribution in [3.8, 4) is 6.07 Å². The number of esters is 1. The van der Waals surface area contributed by atoms with Gasteiger partial charge in [0.2, 0.25) is 0 Å². The first-order valence-corrected chi connectivity index (χ1v) is 6.73. The van der Waals surface area contributed by atoms with Crippen molar-refractivity contribution in [2.24, 2.45) is 0 Å². The summed E-state index contributed by atoms with van der Waals surface area (Å²) in [6.07, 6.45) is -0.389. The van der Waals surface area contributed by atoms with Crippen molar-refractivity contribution in [3.05, 3.63) is 33.7 Å². The molecule has 1 rings (SSSR count). The molecule has 1 heterocycles. The highest BCUT2D eigenvalue weighted by atomic mass is 16.6. The van der Waals surface area contributed by atoms with Gasteiger partial charge < -0.3 is 14.0 Å². The lowest BCUT2D eigenvalue weighted by Crippen LogP contribution is -2.31. The van der Waals surface area contributed by atoms with Gasteiger partial charge in [0.15, 0.2) is 0 Å². The van der Waals surface area contributed by atoms with Gasteiger partial charge in [0.05, 0.1) is 6.61 Å². The normalized spacial score (nSPS) is 12.0. The summed E-state index contributed by atoms with van der Waals surface area (Å²) in [6.45, 7) is 5.61. The second kappa shape index (κ2) is 7.60. The number of rotatable bonds is 6. The molecular formula is C15H20N2O4. The zero-order valence-corrected chi connectivity index (χ0v) is 12.8. The molecule has 0 spiro atoms. The Morgan fingerprint density at radius 1 is 1.38 bits per heavy atom.